The summed E-state index contributed by atoms with van der Waals surface area (Å²) in [5, 5.41) is 9.04. The predicted octanol–water partition coefficient (Wildman–Crippen LogP) is 2.59. The zero-order chi connectivity index (χ0) is 16.4. The van der Waals surface area contributed by atoms with E-state index in [1.165, 1.54) is 0 Å². The van der Waals surface area contributed by atoms with Crippen molar-refractivity contribution in [1.29, 1.82) is 0 Å². The van der Waals surface area contributed by atoms with Crippen molar-refractivity contribution in [3.63, 3.8) is 0 Å². The number of fused-ring (bicyclic) bond motifs is 1. The van der Waals surface area contributed by atoms with Gasteiger partial charge in [-0.05, 0) is 53.9 Å². The van der Waals surface area contributed by atoms with E-state index in [-0.39, 0.29) is 5.91 Å². The molecule has 1 aliphatic rings. The van der Waals surface area contributed by atoms with E-state index in [0.717, 1.165) is 11.1 Å². The van der Waals surface area contributed by atoms with Gasteiger partial charge < -0.3 is 14.7 Å². The number of aromatic carboxylic acids is 1. The summed E-state index contributed by atoms with van der Waals surface area (Å²) in [5.74, 6) is -0.239. The fraction of sp³-hybridized carbons (Fsp3) is 0.222. The number of nitrogens with zero attached hydrogens (tertiary/aromatic N) is 1. The molecule has 0 unspecified atom stereocenters. The molecule has 0 spiro atoms. The second-order valence-electron chi connectivity index (χ2n) is 5.49. The molecule has 0 radical (unpaired) electrons. The Bertz CT molecular complexity index is 752. The van der Waals surface area contributed by atoms with Crippen LogP contribution in [-0.4, -0.2) is 35.5 Å². The van der Waals surface area contributed by atoms with Gasteiger partial charge in [0.15, 0.2) is 0 Å². The van der Waals surface area contributed by atoms with Gasteiger partial charge in [0.25, 0.3) is 5.91 Å². The minimum absolute atomic E-state index is 0.0272. The van der Waals surface area contributed by atoms with E-state index in [1.807, 2.05) is 0 Å². The van der Waals surface area contributed by atoms with Crippen molar-refractivity contribution >= 4 is 11.9 Å². The fourth-order valence-electron chi connectivity index (χ4n) is 2.78. The van der Waals surface area contributed by atoms with Gasteiger partial charge in [-0.15, -0.1) is 0 Å². The summed E-state index contributed by atoms with van der Waals surface area (Å²) in [6.45, 7) is 1.08. The van der Waals surface area contributed by atoms with Crippen molar-refractivity contribution in [2.75, 3.05) is 13.7 Å². The van der Waals surface area contributed by atoms with Gasteiger partial charge in [-0.2, -0.15) is 0 Å². The molecule has 5 heteroatoms. The highest BCUT2D eigenvalue weighted by atomic mass is 16.5. The summed E-state index contributed by atoms with van der Waals surface area (Å²) in [4.78, 5) is 25.4. The minimum atomic E-state index is -0.926. The van der Waals surface area contributed by atoms with Crippen LogP contribution < -0.4 is 4.74 Å². The van der Waals surface area contributed by atoms with Crippen LogP contribution in [0.4, 0.5) is 0 Å². The molecule has 0 aliphatic carbocycles. The van der Waals surface area contributed by atoms with Gasteiger partial charge in [0.2, 0.25) is 0 Å². The Labute approximate surface area is 134 Å². The quantitative estimate of drug-likeness (QED) is 0.946. The Balaban J connectivity index is 1.78. The molecule has 0 aromatic heterocycles. The zero-order valence-electron chi connectivity index (χ0n) is 12.8. The summed E-state index contributed by atoms with van der Waals surface area (Å²) >= 11 is 0. The van der Waals surface area contributed by atoms with Crippen LogP contribution in [0.1, 0.15) is 31.8 Å². The van der Waals surface area contributed by atoms with Gasteiger partial charge in [-0.3, -0.25) is 4.79 Å². The average Bonchev–Trinajstić information content (AvgIpc) is 2.60. The highest BCUT2D eigenvalue weighted by molar-refractivity contribution is 5.94. The van der Waals surface area contributed by atoms with Crippen molar-refractivity contribution in [2.24, 2.45) is 0 Å². The van der Waals surface area contributed by atoms with E-state index in [1.54, 1.807) is 54.5 Å². The predicted molar refractivity (Wildman–Crippen MR) is 84.8 cm³/mol. The van der Waals surface area contributed by atoms with Crippen molar-refractivity contribution in [3.8, 4) is 5.75 Å². The number of carboxylic acid groups (broad SMARTS) is 1. The number of amides is 1. The molecule has 0 bridgehead atoms. The molecular formula is C18H17NO4. The largest absolute Gasteiger partial charge is 0.497 e. The second kappa shape index (κ2) is 6.12. The summed E-state index contributed by atoms with van der Waals surface area (Å²) in [7, 11) is 1.59. The number of hydrogen-bond acceptors (Lipinski definition) is 3. The van der Waals surface area contributed by atoms with E-state index in [4.69, 9.17) is 9.84 Å². The summed E-state index contributed by atoms with van der Waals surface area (Å²) in [6.07, 6.45) is 0.665. The Hall–Kier alpha value is -2.82. The summed E-state index contributed by atoms with van der Waals surface area (Å²) < 4.78 is 5.10. The molecule has 118 valence electrons. The molecule has 0 fully saturated rings. The standard InChI is InChI=1S/C18H17NO4/c1-23-16-6-4-12(5-7-16)17(20)19-9-8-13-10-14(18(21)22)2-3-15(13)11-19/h2-7,10H,8-9,11H2,1H3,(H,21,22). The summed E-state index contributed by atoms with van der Waals surface area (Å²) in [5.41, 5.74) is 2.92. The van der Waals surface area contributed by atoms with Crippen molar-refractivity contribution in [2.45, 2.75) is 13.0 Å². The topological polar surface area (TPSA) is 66.8 Å². The SMILES string of the molecule is COc1ccc(C(=O)N2CCc3cc(C(=O)O)ccc3C2)cc1. The van der Waals surface area contributed by atoms with Crippen LogP contribution in [0, 0.1) is 0 Å². The number of benzene rings is 2. The number of rotatable bonds is 3. The van der Waals surface area contributed by atoms with Gasteiger partial charge in [0.05, 0.1) is 12.7 Å². The van der Waals surface area contributed by atoms with Crippen molar-refractivity contribution in [3.05, 3.63) is 64.7 Å². The normalized spacial score (nSPS) is 13.3. The van der Waals surface area contributed by atoms with E-state index >= 15 is 0 Å². The first-order valence-corrected chi connectivity index (χ1v) is 7.37. The number of carbonyl (C=O) groups is 2. The number of hydrogen-bond donors (Lipinski definition) is 1. The van der Waals surface area contributed by atoms with Crippen molar-refractivity contribution in [1.82, 2.24) is 4.90 Å². The molecule has 1 amide bonds. The maximum Gasteiger partial charge on any atom is 0.335 e. The molecular weight excluding hydrogens is 294 g/mol. The van der Waals surface area contributed by atoms with E-state index in [9.17, 15) is 9.59 Å². The smallest absolute Gasteiger partial charge is 0.335 e. The van der Waals surface area contributed by atoms with Crippen LogP contribution in [0.5, 0.6) is 5.75 Å². The molecule has 1 N–H and O–H groups in total. The maximum absolute atomic E-state index is 12.6. The Morgan fingerprint density at radius 3 is 2.39 bits per heavy atom. The molecule has 1 aliphatic heterocycles. The lowest BCUT2D eigenvalue weighted by atomic mass is 9.97. The first-order valence-electron chi connectivity index (χ1n) is 7.37. The molecule has 3 rings (SSSR count). The molecule has 0 atom stereocenters. The number of ether oxygens (including phenoxy) is 1. The monoisotopic (exact) mass is 311 g/mol. The third-order valence-corrected chi connectivity index (χ3v) is 4.09. The van der Waals surface area contributed by atoms with Gasteiger partial charge in [-0.1, -0.05) is 6.07 Å². The van der Waals surface area contributed by atoms with Crippen molar-refractivity contribution < 1.29 is 19.4 Å². The van der Waals surface area contributed by atoms with Gasteiger partial charge in [0, 0.05) is 18.7 Å². The summed E-state index contributed by atoms with van der Waals surface area (Å²) in [6, 6.07) is 12.1. The molecule has 5 nitrogen and oxygen atoms in total. The van der Waals surface area contributed by atoms with E-state index < -0.39 is 5.97 Å². The molecule has 2 aromatic rings. The van der Waals surface area contributed by atoms with Crippen LogP contribution in [0.3, 0.4) is 0 Å². The number of carbonyl (C=O) groups excluding carboxylic acids is 1. The lowest BCUT2D eigenvalue weighted by Gasteiger charge is -2.29. The Kier molecular flexibility index (Phi) is 4.02. The highest BCUT2D eigenvalue weighted by Crippen LogP contribution is 2.22. The molecule has 0 saturated heterocycles. The molecule has 23 heavy (non-hydrogen) atoms. The van der Waals surface area contributed by atoms with Crippen LogP contribution in [0.2, 0.25) is 0 Å². The van der Waals surface area contributed by atoms with Gasteiger partial charge in [-0.25, -0.2) is 4.79 Å². The molecule has 0 saturated carbocycles. The van der Waals surface area contributed by atoms with Crippen LogP contribution in [-0.2, 0) is 13.0 Å². The second-order valence-corrected chi connectivity index (χ2v) is 5.49. The van der Waals surface area contributed by atoms with E-state index in [0.29, 0.717) is 36.4 Å². The third-order valence-electron chi connectivity index (χ3n) is 4.09. The van der Waals surface area contributed by atoms with E-state index in [2.05, 4.69) is 0 Å². The Morgan fingerprint density at radius 2 is 1.74 bits per heavy atom. The third kappa shape index (κ3) is 3.04. The average molecular weight is 311 g/mol. The van der Waals surface area contributed by atoms with Crippen LogP contribution in [0.15, 0.2) is 42.5 Å². The lowest BCUT2D eigenvalue weighted by molar-refractivity contribution is 0.0692. The first-order chi connectivity index (χ1) is 11.1. The fourth-order valence-corrected chi connectivity index (χ4v) is 2.78. The highest BCUT2D eigenvalue weighted by Gasteiger charge is 2.22. The van der Waals surface area contributed by atoms with Crippen LogP contribution in [0.25, 0.3) is 0 Å². The molecule has 2 aromatic carbocycles. The van der Waals surface area contributed by atoms with Gasteiger partial charge >= 0.3 is 5.97 Å². The van der Waals surface area contributed by atoms with Gasteiger partial charge in [0.1, 0.15) is 5.75 Å². The van der Waals surface area contributed by atoms with Crippen LogP contribution >= 0.6 is 0 Å². The lowest BCUT2D eigenvalue weighted by Crippen LogP contribution is -2.36. The minimum Gasteiger partial charge on any atom is -0.497 e. The number of methoxy groups -OCH3 is 1. The first kappa shape index (κ1) is 15.1. The maximum atomic E-state index is 12.6. The Morgan fingerprint density at radius 1 is 1.04 bits per heavy atom. The molecule has 1 heterocycles. The zero-order valence-corrected chi connectivity index (χ0v) is 12.8. The number of carboxylic acids is 1.